The molecule has 6 aromatic heterocycles. The molecule has 10 nitrogen and oxygen atoms in total. The SMILES string of the molecule is CC(C)N1[CH-]N(c2[c-]cccc2)c2ncccc21.CC(C)N1[CH-]N(c2[c-]cccc2)c2ncccc21.Cc1ccc2c(c1)c1ccc[c-]c1c1ncc(-c3c(C)cccc3C)n21.Cc1ccc2c(c1)c1ccc[c-]c1c1ncc(-c3c(C)cccc3C)n21.[Ir+3].[Ir+3]. The summed E-state index contributed by atoms with van der Waals surface area (Å²) in [6, 6.07) is 76.7. The number of aryl methyl sites for hydroxylation is 6. The summed E-state index contributed by atoms with van der Waals surface area (Å²) in [5.41, 5.74) is 21.0. The van der Waals surface area contributed by atoms with Crippen molar-refractivity contribution >= 4 is 89.0 Å². The number of pyridine rings is 4. The third-order valence-corrected chi connectivity index (χ3v) is 16.6. The van der Waals surface area contributed by atoms with Crippen LogP contribution in [0, 0.1) is 79.1 Å². The number of para-hydroxylation sites is 2. The van der Waals surface area contributed by atoms with Gasteiger partial charge in [0.1, 0.15) is 11.6 Å². The molecule has 0 atom stereocenters. The minimum absolute atomic E-state index is 0. The Morgan fingerprint density at radius 2 is 0.789 bits per heavy atom. The first-order chi connectivity index (χ1) is 42.8. The van der Waals surface area contributed by atoms with Crippen molar-refractivity contribution in [3.63, 3.8) is 0 Å². The molecule has 0 saturated heterocycles. The van der Waals surface area contributed by atoms with E-state index in [9.17, 15) is 0 Å². The van der Waals surface area contributed by atoms with Crippen molar-refractivity contribution in [3.8, 4) is 22.5 Å². The van der Waals surface area contributed by atoms with Gasteiger partial charge in [-0.25, -0.2) is 9.97 Å². The topological polar surface area (TPSA) is 73.3 Å². The third-order valence-electron chi connectivity index (χ3n) is 16.6. The molecule has 2 aliphatic heterocycles. The van der Waals surface area contributed by atoms with Crippen LogP contribution >= 0.6 is 0 Å². The Hall–Kier alpha value is -9.02. The molecule has 0 fully saturated rings. The van der Waals surface area contributed by atoms with Gasteiger partial charge in [-0.2, -0.15) is 60.7 Å². The Kier molecular flexibility index (Phi) is 18.5. The maximum Gasteiger partial charge on any atom is 3.00 e. The summed E-state index contributed by atoms with van der Waals surface area (Å²) in [4.78, 5) is 27.2. The molecule has 0 bridgehead atoms. The van der Waals surface area contributed by atoms with E-state index in [-0.39, 0.29) is 40.2 Å². The smallest absolute Gasteiger partial charge is 0.498 e. The van der Waals surface area contributed by atoms with E-state index in [2.05, 4.69) is 254 Å². The molecule has 12 heteroatoms. The first kappa shape index (κ1) is 62.6. The summed E-state index contributed by atoms with van der Waals surface area (Å²) in [5.74, 6) is 1.93. The molecule has 448 valence electrons. The summed E-state index contributed by atoms with van der Waals surface area (Å²) < 4.78 is 4.59. The molecule has 8 heterocycles. The Bertz CT molecular complexity index is 4530. The number of benzene rings is 8. The first-order valence-corrected chi connectivity index (χ1v) is 30.1. The summed E-state index contributed by atoms with van der Waals surface area (Å²) in [5, 5.41) is 7.05. The first-order valence-electron chi connectivity index (χ1n) is 30.1. The average Bonchev–Trinajstić information content (AvgIpc) is 1.40. The maximum atomic E-state index is 4.81. The van der Waals surface area contributed by atoms with Gasteiger partial charge < -0.3 is 28.4 Å². The molecule has 0 N–H and O–H groups in total. The number of aromatic nitrogens is 6. The van der Waals surface area contributed by atoms with Crippen LogP contribution in [0.3, 0.4) is 0 Å². The molecule has 8 aromatic carbocycles. The normalized spacial score (nSPS) is 12.4. The largest absolute Gasteiger partial charge is 3.00 e. The third kappa shape index (κ3) is 11.7. The van der Waals surface area contributed by atoms with Crippen LogP contribution in [-0.2, 0) is 40.2 Å². The van der Waals surface area contributed by atoms with Crippen molar-refractivity contribution < 1.29 is 40.2 Å². The number of hydrogen-bond donors (Lipinski definition) is 0. The summed E-state index contributed by atoms with van der Waals surface area (Å²) >= 11 is 0. The zero-order valence-electron chi connectivity index (χ0n) is 52.1. The van der Waals surface area contributed by atoms with Crippen LogP contribution in [0.1, 0.15) is 61.1 Å². The number of fused-ring (bicyclic) bond motifs is 14. The van der Waals surface area contributed by atoms with E-state index in [0.717, 1.165) is 67.8 Å². The molecule has 0 amide bonds. The zero-order chi connectivity index (χ0) is 60.7. The Balaban J connectivity index is 0.000000124. The molecular formula is C78H68Ir2N10. The van der Waals surface area contributed by atoms with E-state index < -0.39 is 0 Å². The van der Waals surface area contributed by atoms with E-state index in [0.29, 0.717) is 12.1 Å². The van der Waals surface area contributed by atoms with Gasteiger partial charge in [0.25, 0.3) is 0 Å². The fraction of sp³-hybridized carbons (Fsp3) is 0.154. The Morgan fingerprint density at radius 3 is 1.17 bits per heavy atom. The van der Waals surface area contributed by atoms with Crippen LogP contribution in [0.4, 0.5) is 34.4 Å². The van der Waals surface area contributed by atoms with Crippen LogP contribution in [0.25, 0.3) is 77.2 Å². The fourth-order valence-electron chi connectivity index (χ4n) is 12.4. The van der Waals surface area contributed by atoms with Crippen LogP contribution in [0.5, 0.6) is 0 Å². The van der Waals surface area contributed by atoms with Crippen molar-refractivity contribution in [2.75, 3.05) is 19.6 Å². The van der Waals surface area contributed by atoms with Gasteiger partial charge in [-0.15, -0.1) is 84.0 Å². The van der Waals surface area contributed by atoms with Gasteiger partial charge in [-0.3, -0.25) is 9.97 Å². The molecule has 0 unspecified atom stereocenters. The van der Waals surface area contributed by atoms with E-state index >= 15 is 0 Å². The minimum atomic E-state index is 0. The summed E-state index contributed by atoms with van der Waals surface area (Å²) in [6.45, 7) is 25.8. The van der Waals surface area contributed by atoms with E-state index in [4.69, 9.17) is 9.97 Å². The van der Waals surface area contributed by atoms with Gasteiger partial charge >= 0.3 is 40.2 Å². The standard InChI is InChI=1S/2C24H19N2.2C15H15N3.2Ir/c2*1-15-11-12-21-20(13-15)18-9-4-5-10-19(18)24-25-14-22(26(21)24)23-16(2)7-6-8-17(23)3;2*1-12(2)17-11-18(13-7-4-3-5-8-13)15-14(17)9-6-10-16-15;;/h2*4-9,11-14H,1-3H3;2*3-7,9-12H,1-2H3;;/q2*-1;2*-2;2*+3. The van der Waals surface area contributed by atoms with Gasteiger partial charge in [0.2, 0.25) is 0 Å². The number of hydrogen-bond acceptors (Lipinski definition) is 8. The van der Waals surface area contributed by atoms with Gasteiger partial charge in [-0.1, -0.05) is 82.6 Å². The number of rotatable bonds is 6. The Morgan fingerprint density at radius 1 is 0.389 bits per heavy atom. The predicted molar refractivity (Wildman–Crippen MR) is 365 cm³/mol. The maximum absolute atomic E-state index is 4.81. The van der Waals surface area contributed by atoms with E-state index in [1.807, 2.05) is 97.6 Å². The van der Waals surface area contributed by atoms with Crippen molar-refractivity contribution in [2.45, 2.75) is 81.3 Å². The zero-order valence-corrected chi connectivity index (χ0v) is 56.9. The molecular weight excluding hydrogens is 1460 g/mol. The van der Waals surface area contributed by atoms with Gasteiger partial charge in [-0.05, 0) is 151 Å². The van der Waals surface area contributed by atoms with Gasteiger partial charge in [0, 0.05) is 58.3 Å². The second-order valence-corrected chi connectivity index (χ2v) is 23.3. The van der Waals surface area contributed by atoms with Gasteiger partial charge in [0.05, 0.1) is 22.7 Å². The molecule has 2 aliphatic rings. The van der Waals surface area contributed by atoms with Crippen LogP contribution in [0.2, 0.25) is 0 Å². The minimum Gasteiger partial charge on any atom is -0.498 e. The van der Waals surface area contributed by atoms with E-state index in [1.165, 1.54) is 77.1 Å². The molecule has 0 radical (unpaired) electrons. The molecule has 0 aliphatic carbocycles. The van der Waals surface area contributed by atoms with Crippen molar-refractivity contribution in [1.82, 2.24) is 28.7 Å². The van der Waals surface area contributed by atoms with Crippen LogP contribution in [0.15, 0.2) is 207 Å². The van der Waals surface area contributed by atoms with Crippen molar-refractivity contribution in [2.24, 2.45) is 0 Å². The van der Waals surface area contributed by atoms with E-state index in [1.54, 1.807) is 0 Å². The predicted octanol–water partition coefficient (Wildman–Crippen LogP) is 18.8. The molecule has 0 spiro atoms. The van der Waals surface area contributed by atoms with Gasteiger partial charge in [0.15, 0.2) is 0 Å². The molecule has 16 rings (SSSR count). The monoisotopic (exact) mass is 1530 g/mol. The Labute approximate surface area is 555 Å². The second kappa shape index (κ2) is 26.6. The molecule has 90 heavy (non-hydrogen) atoms. The second-order valence-electron chi connectivity index (χ2n) is 23.3. The molecule has 0 saturated carbocycles. The number of nitrogens with zero attached hydrogens (tertiary/aromatic N) is 10. The fourth-order valence-corrected chi connectivity index (χ4v) is 12.4. The summed E-state index contributed by atoms with van der Waals surface area (Å²) in [7, 11) is 0. The van der Waals surface area contributed by atoms with Crippen molar-refractivity contribution in [1.29, 1.82) is 0 Å². The average molecular weight is 1530 g/mol. The quantitative estimate of drug-likeness (QED) is 0.120. The molecule has 14 aromatic rings. The van der Waals surface area contributed by atoms with Crippen LogP contribution < -0.4 is 19.6 Å². The van der Waals surface area contributed by atoms with Crippen molar-refractivity contribution in [3.05, 3.63) is 278 Å². The number of imidazole rings is 2. The number of anilines is 6. The van der Waals surface area contributed by atoms with Crippen LogP contribution in [-0.4, -0.2) is 40.8 Å². The summed E-state index contributed by atoms with van der Waals surface area (Å²) in [6.07, 6.45) is 7.66.